The minimum Gasteiger partial charge on any atom is -0.352 e. The number of carbonyl (C=O) groups excluding carboxylic acids is 1. The molecule has 1 amide bonds. The van der Waals surface area contributed by atoms with Crippen molar-refractivity contribution in [1.29, 1.82) is 0 Å². The van der Waals surface area contributed by atoms with Crippen LogP contribution in [0.25, 0.3) is 0 Å². The van der Waals surface area contributed by atoms with Gasteiger partial charge < -0.3 is 10.6 Å². The molecule has 0 aromatic carbocycles. The van der Waals surface area contributed by atoms with Crippen LogP contribution in [0.3, 0.4) is 0 Å². The van der Waals surface area contributed by atoms with Crippen LogP contribution in [0.5, 0.6) is 0 Å². The van der Waals surface area contributed by atoms with Gasteiger partial charge in [0.05, 0.1) is 0 Å². The molecule has 0 aromatic rings. The highest BCUT2D eigenvalue weighted by Crippen LogP contribution is 2.10. The summed E-state index contributed by atoms with van der Waals surface area (Å²) >= 11 is 3.20. The average Bonchev–Trinajstić information content (AvgIpc) is 2.63. The lowest BCUT2D eigenvalue weighted by atomic mass is 10.1. The first-order chi connectivity index (χ1) is 6.68. The Balaban J connectivity index is 0.00000196. The van der Waals surface area contributed by atoms with E-state index < -0.39 is 0 Å². The van der Waals surface area contributed by atoms with Crippen molar-refractivity contribution >= 4 is 34.2 Å². The summed E-state index contributed by atoms with van der Waals surface area (Å²) in [5.41, 5.74) is 0. The Bertz CT molecular complexity index is 217. The van der Waals surface area contributed by atoms with Gasteiger partial charge in [-0.25, -0.2) is 0 Å². The SMILES string of the molecule is C=C(Br)CNC(=O)CCC1CCCN1.Cl. The second-order valence-corrected chi connectivity index (χ2v) is 4.75. The van der Waals surface area contributed by atoms with Crippen LogP contribution in [-0.4, -0.2) is 25.0 Å². The van der Waals surface area contributed by atoms with Crippen molar-refractivity contribution in [3.63, 3.8) is 0 Å². The van der Waals surface area contributed by atoms with Gasteiger partial charge in [0.15, 0.2) is 0 Å². The fourth-order valence-corrected chi connectivity index (χ4v) is 1.73. The number of nitrogens with one attached hydrogen (secondary N) is 2. The number of hydrogen-bond acceptors (Lipinski definition) is 2. The predicted octanol–water partition coefficient (Wildman–Crippen LogP) is 1.97. The minimum atomic E-state index is 0. The fraction of sp³-hybridized carbons (Fsp3) is 0.700. The molecule has 2 N–H and O–H groups in total. The lowest BCUT2D eigenvalue weighted by Gasteiger charge is -2.09. The molecule has 0 saturated carbocycles. The van der Waals surface area contributed by atoms with Crippen molar-refractivity contribution in [3.8, 4) is 0 Å². The summed E-state index contributed by atoms with van der Waals surface area (Å²) in [6, 6.07) is 0.549. The molecule has 1 aliphatic heterocycles. The van der Waals surface area contributed by atoms with Crippen LogP contribution in [-0.2, 0) is 4.79 Å². The third kappa shape index (κ3) is 6.93. The first-order valence-corrected chi connectivity index (χ1v) is 5.81. The Morgan fingerprint density at radius 3 is 2.87 bits per heavy atom. The Morgan fingerprint density at radius 2 is 2.33 bits per heavy atom. The molecular formula is C10H18BrClN2O. The summed E-state index contributed by atoms with van der Waals surface area (Å²) in [4.78, 5) is 11.3. The zero-order chi connectivity index (χ0) is 10.4. The normalized spacial score (nSPS) is 19.4. The van der Waals surface area contributed by atoms with Gasteiger partial charge in [-0.15, -0.1) is 12.4 Å². The highest BCUT2D eigenvalue weighted by Gasteiger charge is 2.14. The second kappa shape index (κ2) is 8.13. The molecule has 5 heteroatoms. The summed E-state index contributed by atoms with van der Waals surface area (Å²) in [7, 11) is 0. The van der Waals surface area contributed by atoms with Crippen molar-refractivity contribution in [1.82, 2.24) is 10.6 Å². The molecule has 0 bridgehead atoms. The number of hydrogen-bond donors (Lipinski definition) is 2. The lowest BCUT2D eigenvalue weighted by molar-refractivity contribution is -0.121. The zero-order valence-electron chi connectivity index (χ0n) is 8.72. The molecule has 0 spiro atoms. The predicted molar refractivity (Wildman–Crippen MR) is 68.6 cm³/mol. The molecule has 0 aromatic heterocycles. The van der Waals surface area contributed by atoms with Crippen LogP contribution in [0.15, 0.2) is 11.1 Å². The molecule has 0 aliphatic carbocycles. The number of amides is 1. The lowest BCUT2D eigenvalue weighted by Crippen LogP contribution is -2.28. The molecule has 1 rings (SSSR count). The van der Waals surface area contributed by atoms with Crippen LogP contribution in [0.1, 0.15) is 25.7 Å². The zero-order valence-corrected chi connectivity index (χ0v) is 11.1. The molecular weight excluding hydrogens is 279 g/mol. The van der Waals surface area contributed by atoms with E-state index in [1.54, 1.807) is 0 Å². The van der Waals surface area contributed by atoms with Crippen molar-refractivity contribution < 1.29 is 4.79 Å². The van der Waals surface area contributed by atoms with Crippen molar-refractivity contribution in [2.75, 3.05) is 13.1 Å². The molecule has 1 unspecified atom stereocenters. The maximum absolute atomic E-state index is 11.3. The summed E-state index contributed by atoms with van der Waals surface area (Å²) in [6.07, 6.45) is 4.00. The third-order valence-electron chi connectivity index (χ3n) is 2.36. The maximum Gasteiger partial charge on any atom is 0.220 e. The van der Waals surface area contributed by atoms with E-state index in [4.69, 9.17) is 0 Å². The van der Waals surface area contributed by atoms with Gasteiger partial charge in [0, 0.05) is 23.5 Å². The molecule has 1 fully saturated rings. The van der Waals surface area contributed by atoms with E-state index in [-0.39, 0.29) is 18.3 Å². The highest BCUT2D eigenvalue weighted by molar-refractivity contribution is 9.11. The van der Waals surface area contributed by atoms with Gasteiger partial charge in [0.2, 0.25) is 5.91 Å². The molecule has 3 nitrogen and oxygen atoms in total. The first kappa shape index (κ1) is 14.9. The maximum atomic E-state index is 11.3. The monoisotopic (exact) mass is 296 g/mol. The van der Waals surface area contributed by atoms with Gasteiger partial charge in [-0.2, -0.15) is 0 Å². The van der Waals surface area contributed by atoms with Crippen LogP contribution >= 0.6 is 28.3 Å². The molecule has 1 atom stereocenters. The number of carbonyl (C=O) groups is 1. The van der Waals surface area contributed by atoms with Gasteiger partial charge in [0.25, 0.3) is 0 Å². The topological polar surface area (TPSA) is 41.1 Å². The molecule has 0 radical (unpaired) electrons. The third-order valence-corrected chi connectivity index (χ3v) is 2.64. The van der Waals surface area contributed by atoms with E-state index in [9.17, 15) is 4.79 Å². The highest BCUT2D eigenvalue weighted by atomic mass is 79.9. The van der Waals surface area contributed by atoms with Gasteiger partial charge in [-0.1, -0.05) is 22.5 Å². The van der Waals surface area contributed by atoms with Crippen LogP contribution in [0.2, 0.25) is 0 Å². The van der Waals surface area contributed by atoms with Crippen molar-refractivity contribution in [3.05, 3.63) is 11.1 Å². The van der Waals surface area contributed by atoms with E-state index in [0.717, 1.165) is 17.4 Å². The summed E-state index contributed by atoms with van der Waals surface area (Å²) in [5, 5.41) is 6.16. The standard InChI is InChI=1S/C10H17BrN2O.ClH/c1-8(11)7-13-10(14)5-4-9-3-2-6-12-9;/h9,12H,1-7H2,(H,13,14);1H. The minimum absolute atomic E-state index is 0. The van der Waals surface area contributed by atoms with E-state index in [1.807, 2.05) is 0 Å². The average molecular weight is 298 g/mol. The summed E-state index contributed by atoms with van der Waals surface area (Å²) < 4.78 is 0.810. The van der Waals surface area contributed by atoms with Crippen LogP contribution < -0.4 is 10.6 Å². The molecule has 1 saturated heterocycles. The second-order valence-electron chi connectivity index (χ2n) is 3.63. The van der Waals surface area contributed by atoms with E-state index in [2.05, 4.69) is 33.1 Å². The van der Waals surface area contributed by atoms with Gasteiger partial charge in [-0.3, -0.25) is 4.79 Å². The Kier molecular flexibility index (Phi) is 8.10. The quantitative estimate of drug-likeness (QED) is 0.814. The van der Waals surface area contributed by atoms with Gasteiger partial charge >= 0.3 is 0 Å². The summed E-state index contributed by atoms with van der Waals surface area (Å²) in [6.45, 7) is 5.28. The molecule has 1 heterocycles. The number of halogens is 2. The van der Waals surface area contributed by atoms with Crippen LogP contribution in [0.4, 0.5) is 0 Å². The Labute approximate surface area is 106 Å². The largest absolute Gasteiger partial charge is 0.352 e. The fourth-order valence-electron chi connectivity index (χ4n) is 1.59. The molecule has 88 valence electrons. The van der Waals surface area contributed by atoms with E-state index in [1.165, 1.54) is 12.8 Å². The van der Waals surface area contributed by atoms with Crippen molar-refractivity contribution in [2.24, 2.45) is 0 Å². The van der Waals surface area contributed by atoms with Gasteiger partial charge in [-0.05, 0) is 25.8 Å². The van der Waals surface area contributed by atoms with Crippen LogP contribution in [0, 0.1) is 0 Å². The molecule has 15 heavy (non-hydrogen) atoms. The van der Waals surface area contributed by atoms with Gasteiger partial charge in [0.1, 0.15) is 0 Å². The Morgan fingerprint density at radius 1 is 1.60 bits per heavy atom. The number of rotatable bonds is 5. The smallest absolute Gasteiger partial charge is 0.220 e. The first-order valence-electron chi connectivity index (χ1n) is 5.02. The Hall–Kier alpha value is -0.0600. The van der Waals surface area contributed by atoms with Crippen molar-refractivity contribution in [2.45, 2.75) is 31.7 Å². The molecule has 1 aliphatic rings. The van der Waals surface area contributed by atoms with E-state index in [0.29, 0.717) is 19.0 Å². The van der Waals surface area contributed by atoms with E-state index >= 15 is 0 Å². The summed E-state index contributed by atoms with van der Waals surface area (Å²) in [5.74, 6) is 0.110.